The van der Waals surface area contributed by atoms with Crippen molar-refractivity contribution in [1.29, 1.82) is 5.26 Å². The highest BCUT2D eigenvalue weighted by atomic mass is 19.1. The van der Waals surface area contributed by atoms with Gasteiger partial charge in [0, 0.05) is 13.1 Å². The van der Waals surface area contributed by atoms with Crippen molar-refractivity contribution >= 4 is 5.69 Å². The van der Waals surface area contributed by atoms with E-state index in [1.165, 1.54) is 18.9 Å². The van der Waals surface area contributed by atoms with E-state index < -0.39 is 5.82 Å². The normalized spacial score (nSPS) is 14.4. The predicted octanol–water partition coefficient (Wildman–Crippen LogP) is 3.32. The molecule has 0 unspecified atom stereocenters. The number of nitriles is 1. The number of rotatable bonds is 5. The Labute approximate surface area is 102 Å². The van der Waals surface area contributed by atoms with Crippen molar-refractivity contribution in [2.24, 2.45) is 5.92 Å². The highest BCUT2D eigenvalue weighted by Crippen LogP contribution is 2.32. The molecule has 0 N–H and O–H groups in total. The minimum Gasteiger partial charge on any atom is -0.370 e. The molecule has 0 radical (unpaired) electrons. The van der Waals surface area contributed by atoms with Gasteiger partial charge in [0.1, 0.15) is 17.4 Å². The summed E-state index contributed by atoms with van der Waals surface area (Å²) >= 11 is 0. The Morgan fingerprint density at radius 1 is 1.47 bits per heavy atom. The molecule has 3 heteroatoms. The second-order valence-corrected chi connectivity index (χ2v) is 4.64. The van der Waals surface area contributed by atoms with Crippen LogP contribution in [0.25, 0.3) is 0 Å². The second-order valence-electron chi connectivity index (χ2n) is 4.64. The number of halogens is 1. The molecular weight excluding hydrogens is 215 g/mol. The summed E-state index contributed by atoms with van der Waals surface area (Å²) in [4.78, 5) is 2.15. The Hall–Kier alpha value is -1.56. The molecule has 0 aliphatic heterocycles. The molecule has 0 atom stereocenters. The summed E-state index contributed by atoms with van der Waals surface area (Å²) in [7, 11) is 0. The van der Waals surface area contributed by atoms with E-state index in [0.29, 0.717) is 0 Å². The van der Waals surface area contributed by atoms with Crippen LogP contribution in [-0.4, -0.2) is 13.1 Å². The van der Waals surface area contributed by atoms with E-state index in [-0.39, 0.29) is 5.56 Å². The van der Waals surface area contributed by atoms with Gasteiger partial charge in [0.05, 0.1) is 5.69 Å². The third-order valence-corrected chi connectivity index (χ3v) is 3.11. The van der Waals surface area contributed by atoms with Crippen LogP contribution in [0, 0.1) is 23.1 Å². The van der Waals surface area contributed by atoms with Gasteiger partial charge in [-0.05, 0) is 37.3 Å². The van der Waals surface area contributed by atoms with Crippen molar-refractivity contribution in [1.82, 2.24) is 0 Å². The summed E-state index contributed by atoms with van der Waals surface area (Å²) in [5.74, 6) is 0.318. The number of hydrogen-bond donors (Lipinski definition) is 0. The maximum atomic E-state index is 13.6. The van der Waals surface area contributed by atoms with Crippen molar-refractivity contribution in [3.05, 3.63) is 29.6 Å². The van der Waals surface area contributed by atoms with E-state index in [4.69, 9.17) is 5.26 Å². The molecule has 0 bridgehead atoms. The first-order chi connectivity index (χ1) is 8.26. The zero-order valence-electron chi connectivity index (χ0n) is 10.1. The lowest BCUT2D eigenvalue weighted by Gasteiger charge is -2.25. The van der Waals surface area contributed by atoms with Crippen LogP contribution >= 0.6 is 0 Å². The first-order valence-electron chi connectivity index (χ1n) is 6.19. The van der Waals surface area contributed by atoms with Crippen molar-refractivity contribution in [3.8, 4) is 6.07 Å². The van der Waals surface area contributed by atoms with Crippen LogP contribution in [0.4, 0.5) is 10.1 Å². The fourth-order valence-electron chi connectivity index (χ4n) is 2.08. The van der Waals surface area contributed by atoms with Crippen LogP contribution in [0.3, 0.4) is 0 Å². The molecule has 2 nitrogen and oxygen atoms in total. The van der Waals surface area contributed by atoms with Gasteiger partial charge in [0.25, 0.3) is 0 Å². The monoisotopic (exact) mass is 232 g/mol. The lowest BCUT2D eigenvalue weighted by molar-refractivity contribution is 0.620. The first-order valence-corrected chi connectivity index (χ1v) is 6.19. The average Bonchev–Trinajstić information content (AvgIpc) is 3.12. The topological polar surface area (TPSA) is 27.0 Å². The fraction of sp³-hybridized carbons (Fsp3) is 0.500. The van der Waals surface area contributed by atoms with Gasteiger partial charge in [-0.15, -0.1) is 0 Å². The summed E-state index contributed by atoms with van der Waals surface area (Å²) in [5, 5.41) is 9.05. The molecule has 1 aliphatic rings. The highest BCUT2D eigenvalue weighted by molar-refractivity contribution is 5.60. The standard InChI is InChI=1S/C14H17FN2/c1-2-8-17(10-11-6-7-11)14-5-3-4-13(15)12(14)9-16/h3-5,11H,2,6-8,10H2,1H3. The average molecular weight is 232 g/mol. The molecule has 1 saturated carbocycles. The van der Waals surface area contributed by atoms with Crippen LogP contribution in [-0.2, 0) is 0 Å². The van der Waals surface area contributed by atoms with Crippen molar-refractivity contribution in [2.75, 3.05) is 18.0 Å². The molecule has 2 rings (SSSR count). The SMILES string of the molecule is CCCN(CC1CC1)c1cccc(F)c1C#N. The van der Waals surface area contributed by atoms with Gasteiger partial charge in [-0.1, -0.05) is 13.0 Å². The van der Waals surface area contributed by atoms with Crippen molar-refractivity contribution in [3.63, 3.8) is 0 Å². The van der Waals surface area contributed by atoms with E-state index in [9.17, 15) is 4.39 Å². The minimum absolute atomic E-state index is 0.182. The zero-order chi connectivity index (χ0) is 12.3. The third-order valence-electron chi connectivity index (χ3n) is 3.11. The summed E-state index contributed by atoms with van der Waals surface area (Å²) < 4.78 is 13.6. The van der Waals surface area contributed by atoms with Gasteiger partial charge in [0.2, 0.25) is 0 Å². The Balaban J connectivity index is 2.27. The molecule has 1 aliphatic carbocycles. The molecule has 0 saturated heterocycles. The van der Waals surface area contributed by atoms with Crippen molar-refractivity contribution in [2.45, 2.75) is 26.2 Å². The minimum atomic E-state index is -0.415. The Bertz CT molecular complexity index is 432. The maximum Gasteiger partial charge on any atom is 0.143 e. The highest BCUT2D eigenvalue weighted by Gasteiger charge is 2.25. The third kappa shape index (κ3) is 2.76. The van der Waals surface area contributed by atoms with Gasteiger partial charge in [0.15, 0.2) is 0 Å². The van der Waals surface area contributed by atoms with Crippen LogP contribution in [0.15, 0.2) is 18.2 Å². The maximum absolute atomic E-state index is 13.6. The summed E-state index contributed by atoms with van der Waals surface area (Å²) in [5.41, 5.74) is 0.933. The molecule has 1 fully saturated rings. The summed E-state index contributed by atoms with van der Waals surface area (Å²) in [6.45, 7) is 3.94. The Kier molecular flexibility index (Phi) is 3.63. The van der Waals surface area contributed by atoms with Gasteiger partial charge < -0.3 is 4.90 Å². The van der Waals surface area contributed by atoms with E-state index in [2.05, 4.69) is 11.8 Å². The summed E-state index contributed by atoms with van der Waals surface area (Å²) in [6.07, 6.45) is 3.53. The lowest BCUT2D eigenvalue weighted by atomic mass is 10.1. The number of nitrogens with zero attached hydrogens (tertiary/aromatic N) is 2. The Morgan fingerprint density at radius 2 is 2.24 bits per heavy atom. The first kappa shape index (κ1) is 11.9. The molecule has 1 aromatic rings. The van der Waals surface area contributed by atoms with Gasteiger partial charge >= 0.3 is 0 Å². The molecule has 0 spiro atoms. The van der Waals surface area contributed by atoms with Gasteiger partial charge in [-0.2, -0.15) is 5.26 Å². The van der Waals surface area contributed by atoms with Crippen LogP contribution in [0.1, 0.15) is 31.7 Å². The van der Waals surface area contributed by atoms with Gasteiger partial charge in [-0.25, -0.2) is 4.39 Å². The quantitative estimate of drug-likeness (QED) is 0.778. The van der Waals surface area contributed by atoms with E-state index in [0.717, 1.165) is 31.1 Å². The van der Waals surface area contributed by atoms with Crippen molar-refractivity contribution < 1.29 is 4.39 Å². The predicted molar refractivity (Wildman–Crippen MR) is 66.3 cm³/mol. The molecular formula is C14H17FN2. The molecule has 0 amide bonds. The fourth-order valence-corrected chi connectivity index (χ4v) is 2.08. The van der Waals surface area contributed by atoms with Crippen LogP contribution < -0.4 is 4.90 Å². The van der Waals surface area contributed by atoms with Gasteiger partial charge in [-0.3, -0.25) is 0 Å². The zero-order valence-corrected chi connectivity index (χ0v) is 10.1. The smallest absolute Gasteiger partial charge is 0.143 e. The second kappa shape index (κ2) is 5.18. The summed E-state index contributed by atoms with van der Waals surface area (Å²) in [6, 6.07) is 6.86. The molecule has 0 heterocycles. The largest absolute Gasteiger partial charge is 0.370 e. The number of hydrogen-bond acceptors (Lipinski definition) is 2. The number of anilines is 1. The van der Waals surface area contributed by atoms with E-state index in [1.807, 2.05) is 12.1 Å². The molecule has 1 aromatic carbocycles. The number of benzene rings is 1. The molecule has 17 heavy (non-hydrogen) atoms. The van der Waals surface area contributed by atoms with E-state index in [1.54, 1.807) is 6.07 Å². The van der Waals surface area contributed by atoms with Crippen LogP contribution in [0.5, 0.6) is 0 Å². The Morgan fingerprint density at radius 3 is 2.82 bits per heavy atom. The molecule has 90 valence electrons. The molecule has 0 aromatic heterocycles. The van der Waals surface area contributed by atoms with E-state index >= 15 is 0 Å². The lowest BCUT2D eigenvalue weighted by Crippen LogP contribution is -2.27. The van der Waals surface area contributed by atoms with Crippen LogP contribution in [0.2, 0.25) is 0 Å².